The fourth-order valence-electron chi connectivity index (χ4n) is 3.86. The van der Waals surface area contributed by atoms with E-state index in [1.54, 1.807) is 13.2 Å². The van der Waals surface area contributed by atoms with Gasteiger partial charge in [0.15, 0.2) is 11.3 Å². The van der Waals surface area contributed by atoms with Crippen molar-refractivity contribution in [2.45, 2.75) is 13.1 Å². The van der Waals surface area contributed by atoms with Gasteiger partial charge in [-0.25, -0.2) is 4.98 Å². The van der Waals surface area contributed by atoms with Gasteiger partial charge in [0.05, 0.1) is 25.8 Å². The van der Waals surface area contributed by atoms with Gasteiger partial charge < -0.3 is 9.64 Å². The summed E-state index contributed by atoms with van der Waals surface area (Å²) in [4.78, 5) is 7.70. The molecule has 2 aromatic carbocycles. The van der Waals surface area contributed by atoms with Gasteiger partial charge in [0, 0.05) is 17.1 Å². The molecule has 0 spiro atoms. The first-order valence-electron chi connectivity index (χ1n) is 9.53. The number of nitrogens with one attached hydrogen (secondary N) is 1. The molecule has 0 saturated carbocycles. The van der Waals surface area contributed by atoms with Crippen molar-refractivity contribution in [2.24, 2.45) is 0 Å². The number of aromatic nitrogens is 1. The van der Waals surface area contributed by atoms with E-state index >= 15 is 0 Å². The average molecular weight is 402 g/mol. The SMILES string of the molecule is COc1cccc2c(C)cc(N3CCN(c4cccc(C(F)(F)F)c4)CC3)[nH+]c12. The van der Waals surface area contributed by atoms with E-state index in [1.807, 2.05) is 17.0 Å². The largest absolute Gasteiger partial charge is 0.492 e. The smallest absolute Gasteiger partial charge is 0.416 e. The third-order valence-electron chi connectivity index (χ3n) is 5.44. The van der Waals surface area contributed by atoms with E-state index in [-0.39, 0.29) is 0 Å². The standard InChI is InChI=1S/C22H22F3N3O/c1-15-13-20(26-21-18(15)7-4-8-19(21)29-2)28-11-9-27(10-12-28)17-6-3-5-16(14-17)22(23,24)25/h3-8,13-14H,9-12H2,1-2H3/p+1. The number of aromatic amines is 1. The van der Waals surface area contributed by atoms with Crippen LogP contribution < -0.4 is 19.5 Å². The summed E-state index contributed by atoms with van der Waals surface area (Å²) in [5.41, 5.74) is 2.10. The number of methoxy groups -OCH3 is 1. The Morgan fingerprint density at radius 3 is 2.31 bits per heavy atom. The molecule has 0 bridgehead atoms. The number of rotatable bonds is 3. The van der Waals surface area contributed by atoms with Crippen LogP contribution in [-0.2, 0) is 6.18 Å². The Kier molecular flexibility index (Phi) is 4.98. The summed E-state index contributed by atoms with van der Waals surface area (Å²) in [6, 6.07) is 13.6. The molecule has 3 aromatic rings. The molecule has 4 nitrogen and oxygen atoms in total. The van der Waals surface area contributed by atoms with Crippen LogP contribution in [0.15, 0.2) is 48.5 Å². The fraction of sp³-hybridized carbons (Fsp3) is 0.318. The minimum Gasteiger partial charge on any atom is -0.492 e. The van der Waals surface area contributed by atoms with E-state index in [4.69, 9.17) is 4.74 Å². The first-order valence-corrected chi connectivity index (χ1v) is 9.53. The summed E-state index contributed by atoms with van der Waals surface area (Å²) >= 11 is 0. The molecule has 1 aromatic heterocycles. The zero-order chi connectivity index (χ0) is 20.6. The topological polar surface area (TPSA) is 29.9 Å². The number of piperazine rings is 1. The Morgan fingerprint density at radius 2 is 1.62 bits per heavy atom. The van der Waals surface area contributed by atoms with E-state index in [9.17, 15) is 13.2 Å². The molecule has 0 atom stereocenters. The van der Waals surface area contributed by atoms with Crippen molar-refractivity contribution >= 4 is 22.4 Å². The minimum absolute atomic E-state index is 0.608. The second-order valence-corrected chi connectivity index (χ2v) is 7.24. The molecule has 152 valence electrons. The number of pyridine rings is 1. The highest BCUT2D eigenvalue weighted by atomic mass is 19.4. The van der Waals surface area contributed by atoms with Crippen LogP contribution in [0.5, 0.6) is 5.75 Å². The lowest BCUT2D eigenvalue weighted by Crippen LogP contribution is -2.48. The minimum atomic E-state index is -4.32. The lowest BCUT2D eigenvalue weighted by atomic mass is 10.1. The Hall–Kier alpha value is -2.96. The van der Waals surface area contributed by atoms with E-state index in [0.29, 0.717) is 31.9 Å². The Morgan fingerprint density at radius 1 is 0.931 bits per heavy atom. The van der Waals surface area contributed by atoms with Gasteiger partial charge in [0.1, 0.15) is 13.1 Å². The van der Waals surface area contributed by atoms with Crippen molar-refractivity contribution in [3.8, 4) is 5.75 Å². The van der Waals surface area contributed by atoms with Gasteiger partial charge >= 0.3 is 6.18 Å². The monoisotopic (exact) mass is 402 g/mol. The fourth-order valence-corrected chi connectivity index (χ4v) is 3.86. The van der Waals surface area contributed by atoms with Gasteiger partial charge in [-0.15, -0.1) is 0 Å². The number of aryl methyl sites for hydroxylation is 1. The maximum Gasteiger partial charge on any atom is 0.416 e. The first-order chi connectivity index (χ1) is 13.9. The van der Waals surface area contributed by atoms with Crippen molar-refractivity contribution in [2.75, 3.05) is 43.1 Å². The zero-order valence-corrected chi connectivity index (χ0v) is 16.4. The first kappa shape index (κ1) is 19.4. The number of hydrogen-bond acceptors (Lipinski definition) is 3. The highest BCUT2D eigenvalue weighted by Crippen LogP contribution is 2.32. The predicted molar refractivity (Wildman–Crippen MR) is 108 cm³/mol. The molecule has 0 radical (unpaired) electrons. The highest BCUT2D eigenvalue weighted by Gasteiger charge is 2.31. The quantitative estimate of drug-likeness (QED) is 0.654. The summed E-state index contributed by atoms with van der Waals surface area (Å²) in [5.74, 6) is 1.78. The van der Waals surface area contributed by atoms with Gasteiger partial charge in [-0.2, -0.15) is 13.2 Å². The van der Waals surface area contributed by atoms with Crippen LogP contribution in [0.1, 0.15) is 11.1 Å². The normalized spacial score (nSPS) is 15.1. The molecule has 0 unspecified atom stereocenters. The molecule has 0 amide bonds. The predicted octanol–water partition coefficient (Wildman–Crippen LogP) is 4.32. The summed E-state index contributed by atoms with van der Waals surface area (Å²) in [6.45, 7) is 4.80. The van der Waals surface area contributed by atoms with E-state index in [0.717, 1.165) is 34.1 Å². The van der Waals surface area contributed by atoms with Crippen LogP contribution in [0.25, 0.3) is 10.9 Å². The molecular weight excluding hydrogens is 379 g/mol. The van der Waals surface area contributed by atoms with Crippen LogP contribution in [0.2, 0.25) is 0 Å². The van der Waals surface area contributed by atoms with Gasteiger partial charge in [-0.3, -0.25) is 4.90 Å². The number of halogens is 3. The molecule has 7 heteroatoms. The maximum absolute atomic E-state index is 13.0. The average Bonchev–Trinajstić information content (AvgIpc) is 2.73. The van der Waals surface area contributed by atoms with E-state index in [2.05, 4.69) is 28.9 Å². The third kappa shape index (κ3) is 3.81. The van der Waals surface area contributed by atoms with Crippen molar-refractivity contribution < 1.29 is 22.9 Å². The zero-order valence-electron chi connectivity index (χ0n) is 16.4. The van der Waals surface area contributed by atoms with E-state index in [1.165, 1.54) is 12.1 Å². The number of para-hydroxylation sites is 1. The van der Waals surface area contributed by atoms with Crippen LogP contribution >= 0.6 is 0 Å². The molecule has 1 fully saturated rings. The van der Waals surface area contributed by atoms with Crippen molar-refractivity contribution in [1.82, 2.24) is 0 Å². The molecule has 4 rings (SSSR count). The molecular formula is C22H23F3N3O+. The molecule has 1 aliphatic rings. The lowest BCUT2D eigenvalue weighted by Gasteiger charge is -2.33. The number of hydrogen-bond donors (Lipinski definition) is 0. The highest BCUT2D eigenvalue weighted by molar-refractivity contribution is 5.85. The Bertz CT molecular complexity index is 1030. The molecule has 1 saturated heterocycles. The number of anilines is 2. The number of H-pyrrole nitrogens is 1. The van der Waals surface area contributed by atoms with Gasteiger partial charge in [0.2, 0.25) is 0 Å². The number of nitrogens with zero attached hydrogens (tertiary/aromatic N) is 2. The Labute approximate surface area is 167 Å². The van der Waals surface area contributed by atoms with Crippen molar-refractivity contribution in [3.63, 3.8) is 0 Å². The Balaban J connectivity index is 1.55. The van der Waals surface area contributed by atoms with Crippen molar-refractivity contribution in [1.29, 1.82) is 0 Å². The van der Waals surface area contributed by atoms with Crippen LogP contribution in [0.4, 0.5) is 24.7 Å². The number of fused-ring (bicyclic) bond motifs is 1. The number of alkyl halides is 3. The number of benzene rings is 2. The van der Waals surface area contributed by atoms with Crippen LogP contribution in [-0.4, -0.2) is 33.3 Å². The molecule has 29 heavy (non-hydrogen) atoms. The maximum atomic E-state index is 13.0. The summed E-state index contributed by atoms with van der Waals surface area (Å²) in [5, 5.41) is 1.11. The van der Waals surface area contributed by atoms with E-state index < -0.39 is 11.7 Å². The summed E-state index contributed by atoms with van der Waals surface area (Å²) in [7, 11) is 1.65. The third-order valence-corrected chi connectivity index (χ3v) is 5.44. The lowest BCUT2D eigenvalue weighted by molar-refractivity contribution is -0.331. The second kappa shape index (κ2) is 7.46. The second-order valence-electron chi connectivity index (χ2n) is 7.24. The number of ether oxygens (including phenoxy) is 1. The van der Waals surface area contributed by atoms with Gasteiger partial charge in [-0.1, -0.05) is 18.2 Å². The van der Waals surface area contributed by atoms with Crippen LogP contribution in [0, 0.1) is 6.92 Å². The van der Waals surface area contributed by atoms with Gasteiger partial charge in [-0.05, 0) is 36.8 Å². The summed E-state index contributed by atoms with van der Waals surface area (Å²) < 4.78 is 44.5. The molecule has 1 N–H and O–H groups in total. The summed E-state index contributed by atoms with van der Waals surface area (Å²) in [6.07, 6.45) is -4.32. The molecule has 2 heterocycles. The van der Waals surface area contributed by atoms with Crippen LogP contribution in [0.3, 0.4) is 0 Å². The molecule has 0 aliphatic carbocycles. The molecule has 1 aliphatic heterocycles. The van der Waals surface area contributed by atoms with Gasteiger partial charge in [0.25, 0.3) is 5.82 Å². The van der Waals surface area contributed by atoms with Crippen molar-refractivity contribution in [3.05, 3.63) is 59.7 Å².